The molecule has 2 saturated heterocycles. The molecular formula is C31H40F3N3O. The second-order valence-corrected chi connectivity index (χ2v) is 11.4. The number of halogens is 3. The number of carbonyl (C=O) groups excluding carboxylic acids is 1. The number of nitrogens with zero attached hydrogens (tertiary/aromatic N) is 3. The Morgan fingerprint density at radius 1 is 0.816 bits per heavy atom. The van der Waals surface area contributed by atoms with Crippen molar-refractivity contribution in [2.45, 2.75) is 94.9 Å². The third kappa shape index (κ3) is 5.88. The highest BCUT2D eigenvalue weighted by atomic mass is 19.4. The summed E-state index contributed by atoms with van der Waals surface area (Å²) in [5.74, 6) is 0.0457. The molecule has 0 atom stereocenters. The van der Waals surface area contributed by atoms with Crippen LogP contribution >= 0.6 is 0 Å². The van der Waals surface area contributed by atoms with Gasteiger partial charge in [0, 0.05) is 31.4 Å². The van der Waals surface area contributed by atoms with Crippen LogP contribution in [0.2, 0.25) is 0 Å². The molecule has 38 heavy (non-hydrogen) atoms. The summed E-state index contributed by atoms with van der Waals surface area (Å²) in [5, 5.41) is 0. The molecule has 2 aromatic carbocycles. The monoisotopic (exact) mass is 527 g/mol. The van der Waals surface area contributed by atoms with E-state index < -0.39 is 17.3 Å². The molecule has 2 aliphatic heterocycles. The number of likely N-dealkylation sites (tertiary alicyclic amines) is 1. The number of alkyl halides is 3. The molecule has 2 aromatic rings. The highest BCUT2D eigenvalue weighted by Gasteiger charge is 2.54. The van der Waals surface area contributed by atoms with Gasteiger partial charge in [0.15, 0.2) is 0 Å². The number of piperidine rings is 1. The van der Waals surface area contributed by atoms with E-state index in [4.69, 9.17) is 0 Å². The van der Waals surface area contributed by atoms with Crippen LogP contribution in [0.5, 0.6) is 0 Å². The standard InChI is InChI=1S/C31H40F3N3O/c32-31(33,34)26-13-11-12-25(22-26)23-36-24-37(28-16-9-6-10-17-28)30(29(36)38)18-20-35(21-19-30)27-14-7-4-2-1-3-5-8-15-27/h6,9-13,16-17,22,27H,1-5,7-8,14-15,18-21,23-24H2. The van der Waals surface area contributed by atoms with Crippen LogP contribution in [0.15, 0.2) is 54.6 Å². The average Bonchev–Trinajstić information content (AvgIpc) is 3.18. The summed E-state index contributed by atoms with van der Waals surface area (Å²) < 4.78 is 39.9. The summed E-state index contributed by atoms with van der Waals surface area (Å²) in [5.41, 5.74) is 0.196. The molecule has 0 aromatic heterocycles. The van der Waals surface area contributed by atoms with Gasteiger partial charge in [0.05, 0.1) is 12.2 Å². The Kier molecular flexibility index (Phi) is 8.32. The molecule has 7 heteroatoms. The van der Waals surface area contributed by atoms with Gasteiger partial charge < -0.3 is 14.7 Å². The summed E-state index contributed by atoms with van der Waals surface area (Å²) in [6, 6.07) is 16.0. The van der Waals surface area contributed by atoms with Crippen LogP contribution < -0.4 is 4.90 Å². The van der Waals surface area contributed by atoms with Crippen molar-refractivity contribution < 1.29 is 18.0 Å². The Morgan fingerprint density at radius 3 is 2.08 bits per heavy atom. The number of carbonyl (C=O) groups is 1. The molecule has 3 aliphatic rings. The minimum absolute atomic E-state index is 0.0457. The molecule has 0 bridgehead atoms. The van der Waals surface area contributed by atoms with Crippen LogP contribution in [-0.2, 0) is 17.5 Å². The third-order valence-electron chi connectivity index (χ3n) is 8.93. The van der Waals surface area contributed by atoms with Crippen LogP contribution in [-0.4, -0.2) is 47.0 Å². The molecule has 5 rings (SSSR count). The van der Waals surface area contributed by atoms with Gasteiger partial charge in [0.2, 0.25) is 5.91 Å². The van der Waals surface area contributed by atoms with E-state index in [2.05, 4.69) is 9.80 Å². The van der Waals surface area contributed by atoms with Gasteiger partial charge in [-0.3, -0.25) is 4.79 Å². The topological polar surface area (TPSA) is 26.8 Å². The molecule has 1 saturated carbocycles. The Bertz CT molecular complexity index is 1060. The van der Waals surface area contributed by atoms with Crippen LogP contribution in [0.1, 0.15) is 81.8 Å². The quantitative estimate of drug-likeness (QED) is 0.419. The SMILES string of the molecule is O=C1N(Cc2cccc(C(F)(F)F)c2)CN(c2ccccc2)C12CCN(C1CCCCCCCCC1)CC2. The zero-order valence-electron chi connectivity index (χ0n) is 22.3. The Morgan fingerprint density at radius 2 is 1.45 bits per heavy atom. The van der Waals surface area contributed by atoms with Gasteiger partial charge in [-0.1, -0.05) is 75.3 Å². The molecule has 0 radical (unpaired) electrons. The Hall–Kier alpha value is -2.54. The van der Waals surface area contributed by atoms with Crippen molar-refractivity contribution in [2.24, 2.45) is 0 Å². The van der Waals surface area contributed by atoms with Gasteiger partial charge in [0.25, 0.3) is 0 Å². The van der Waals surface area contributed by atoms with Crippen LogP contribution in [0.25, 0.3) is 0 Å². The normalized spacial score (nSPS) is 22.2. The van der Waals surface area contributed by atoms with E-state index in [1.165, 1.54) is 69.9 Å². The lowest BCUT2D eigenvalue weighted by Crippen LogP contribution is -2.58. The Balaban J connectivity index is 1.34. The molecule has 3 fully saturated rings. The van der Waals surface area contributed by atoms with Crippen molar-refractivity contribution in [1.29, 1.82) is 0 Å². The van der Waals surface area contributed by atoms with Crippen molar-refractivity contribution in [3.05, 3.63) is 65.7 Å². The smallest absolute Gasteiger partial charge is 0.339 e. The lowest BCUT2D eigenvalue weighted by molar-refractivity contribution is -0.137. The van der Waals surface area contributed by atoms with E-state index >= 15 is 0 Å². The van der Waals surface area contributed by atoms with E-state index in [-0.39, 0.29) is 12.5 Å². The number of amides is 1. The van der Waals surface area contributed by atoms with Gasteiger partial charge in [-0.2, -0.15) is 13.2 Å². The van der Waals surface area contributed by atoms with Crippen molar-refractivity contribution in [3.63, 3.8) is 0 Å². The first-order chi connectivity index (χ1) is 18.4. The molecule has 1 amide bonds. The molecule has 0 unspecified atom stereocenters. The van der Waals surface area contributed by atoms with Crippen molar-refractivity contribution in [3.8, 4) is 0 Å². The first-order valence-corrected chi connectivity index (χ1v) is 14.4. The fraction of sp³-hybridized carbons (Fsp3) is 0.581. The van der Waals surface area contributed by atoms with Gasteiger partial charge >= 0.3 is 6.18 Å². The van der Waals surface area contributed by atoms with E-state index in [9.17, 15) is 18.0 Å². The predicted molar refractivity (Wildman–Crippen MR) is 145 cm³/mol. The molecule has 0 N–H and O–H groups in total. The minimum Gasteiger partial charge on any atom is -0.339 e. The molecule has 2 heterocycles. The Labute approximate surface area is 224 Å². The number of anilines is 1. The van der Waals surface area contributed by atoms with E-state index in [1.807, 2.05) is 30.3 Å². The first-order valence-electron chi connectivity index (χ1n) is 14.4. The predicted octanol–water partition coefficient (Wildman–Crippen LogP) is 7.24. The lowest BCUT2D eigenvalue weighted by atomic mass is 9.84. The number of para-hydroxylation sites is 1. The van der Waals surface area contributed by atoms with Gasteiger partial charge in [-0.15, -0.1) is 0 Å². The summed E-state index contributed by atoms with van der Waals surface area (Å²) in [6.07, 6.45) is 8.84. The first kappa shape index (κ1) is 27.0. The van der Waals surface area contributed by atoms with E-state index in [1.54, 1.807) is 11.0 Å². The van der Waals surface area contributed by atoms with Crippen molar-refractivity contribution in [1.82, 2.24) is 9.80 Å². The molecule has 1 spiro atoms. The maximum Gasteiger partial charge on any atom is 0.416 e. The zero-order chi connectivity index (χ0) is 26.6. The summed E-state index contributed by atoms with van der Waals surface area (Å²) >= 11 is 0. The van der Waals surface area contributed by atoms with Crippen molar-refractivity contribution in [2.75, 3.05) is 24.7 Å². The van der Waals surface area contributed by atoms with Gasteiger partial charge in [-0.25, -0.2) is 0 Å². The highest BCUT2D eigenvalue weighted by Crippen LogP contribution is 2.41. The number of benzene rings is 2. The minimum atomic E-state index is -4.40. The zero-order valence-corrected chi connectivity index (χ0v) is 22.3. The average molecular weight is 528 g/mol. The fourth-order valence-corrected chi connectivity index (χ4v) is 6.80. The molecular weight excluding hydrogens is 487 g/mol. The molecule has 4 nitrogen and oxygen atoms in total. The fourth-order valence-electron chi connectivity index (χ4n) is 6.80. The number of hydrogen-bond donors (Lipinski definition) is 0. The highest BCUT2D eigenvalue weighted by molar-refractivity contribution is 5.93. The van der Waals surface area contributed by atoms with Gasteiger partial charge in [-0.05, 0) is 55.5 Å². The maximum atomic E-state index is 14.1. The summed E-state index contributed by atoms with van der Waals surface area (Å²) in [6.45, 7) is 2.34. The summed E-state index contributed by atoms with van der Waals surface area (Å²) in [4.78, 5) is 20.7. The van der Waals surface area contributed by atoms with E-state index in [0.717, 1.165) is 37.7 Å². The second kappa shape index (κ2) is 11.7. The molecule has 206 valence electrons. The number of hydrogen-bond acceptors (Lipinski definition) is 3. The largest absolute Gasteiger partial charge is 0.416 e. The van der Waals surface area contributed by atoms with Crippen molar-refractivity contribution >= 4 is 11.6 Å². The second-order valence-electron chi connectivity index (χ2n) is 11.4. The summed E-state index contributed by atoms with van der Waals surface area (Å²) in [7, 11) is 0. The van der Waals surface area contributed by atoms with Crippen LogP contribution in [0.3, 0.4) is 0 Å². The molecule has 1 aliphatic carbocycles. The van der Waals surface area contributed by atoms with E-state index in [0.29, 0.717) is 18.3 Å². The van der Waals surface area contributed by atoms with Crippen LogP contribution in [0, 0.1) is 0 Å². The van der Waals surface area contributed by atoms with Crippen LogP contribution in [0.4, 0.5) is 18.9 Å². The maximum absolute atomic E-state index is 14.1. The van der Waals surface area contributed by atoms with Gasteiger partial charge in [0.1, 0.15) is 5.54 Å². The third-order valence-corrected chi connectivity index (χ3v) is 8.93. The number of rotatable bonds is 4. The lowest BCUT2D eigenvalue weighted by Gasteiger charge is -2.45.